The fraction of sp³-hybridized carbons (Fsp3) is 0.700. The Hall–Kier alpha value is -0.880. The highest BCUT2D eigenvalue weighted by molar-refractivity contribution is 7.87. The van der Waals surface area contributed by atoms with Crippen molar-refractivity contribution in [3.05, 3.63) is 17.0 Å². The Kier molecular flexibility index (Phi) is 2.79. The monoisotopic (exact) mass is 243 g/mol. The van der Waals surface area contributed by atoms with Crippen LogP contribution in [0.25, 0.3) is 0 Å². The molecule has 1 aliphatic heterocycles. The Balaban J connectivity index is 2.46. The van der Waals surface area contributed by atoms with Crippen LogP contribution in [0.2, 0.25) is 0 Å². The lowest BCUT2D eigenvalue weighted by Crippen LogP contribution is -2.34. The van der Waals surface area contributed by atoms with Crippen molar-refractivity contribution in [2.45, 2.75) is 33.6 Å². The zero-order valence-electron chi connectivity index (χ0n) is 9.89. The van der Waals surface area contributed by atoms with E-state index >= 15 is 0 Å². The van der Waals surface area contributed by atoms with Crippen LogP contribution in [0.1, 0.15) is 29.8 Å². The van der Waals surface area contributed by atoms with Crippen LogP contribution in [0.15, 0.2) is 0 Å². The topological polar surface area (TPSA) is 55.2 Å². The van der Waals surface area contributed by atoms with E-state index in [-0.39, 0.29) is 0 Å². The molecule has 0 amide bonds. The average molecular weight is 243 g/mol. The number of aryl methyl sites for hydroxylation is 1. The molecule has 16 heavy (non-hydrogen) atoms. The van der Waals surface area contributed by atoms with Gasteiger partial charge in [-0.25, -0.2) is 0 Å². The Morgan fingerprint density at radius 1 is 1.12 bits per heavy atom. The lowest BCUT2D eigenvalue weighted by molar-refractivity contribution is 0.462. The SMILES string of the molecule is Cc1nn(S(=O)(=O)N2CCCC2)c(C)c1C. The molecule has 1 fully saturated rings. The van der Waals surface area contributed by atoms with Crippen LogP contribution in [0.3, 0.4) is 0 Å². The smallest absolute Gasteiger partial charge is 0.187 e. The number of aromatic nitrogens is 2. The van der Waals surface area contributed by atoms with Gasteiger partial charge in [-0.1, -0.05) is 0 Å². The van der Waals surface area contributed by atoms with Crippen molar-refractivity contribution in [1.29, 1.82) is 0 Å². The van der Waals surface area contributed by atoms with E-state index in [1.165, 1.54) is 8.39 Å². The fourth-order valence-electron chi connectivity index (χ4n) is 1.94. The van der Waals surface area contributed by atoms with Crippen molar-refractivity contribution in [2.75, 3.05) is 13.1 Å². The summed E-state index contributed by atoms with van der Waals surface area (Å²) in [5, 5.41) is 4.11. The Labute approximate surface area is 96.2 Å². The van der Waals surface area contributed by atoms with Crippen molar-refractivity contribution >= 4 is 10.2 Å². The molecule has 0 spiro atoms. The Morgan fingerprint density at radius 2 is 1.69 bits per heavy atom. The molecule has 2 heterocycles. The quantitative estimate of drug-likeness (QED) is 0.778. The van der Waals surface area contributed by atoms with E-state index in [4.69, 9.17) is 0 Å². The van der Waals surface area contributed by atoms with E-state index in [0.29, 0.717) is 18.8 Å². The Bertz CT molecular complexity index is 498. The van der Waals surface area contributed by atoms with Crippen molar-refractivity contribution in [2.24, 2.45) is 0 Å². The summed E-state index contributed by atoms with van der Waals surface area (Å²) >= 11 is 0. The summed E-state index contributed by atoms with van der Waals surface area (Å²) in [7, 11) is -3.43. The van der Waals surface area contributed by atoms with Gasteiger partial charge in [-0.05, 0) is 39.2 Å². The zero-order valence-corrected chi connectivity index (χ0v) is 10.7. The summed E-state index contributed by atoms with van der Waals surface area (Å²) in [6, 6.07) is 0. The maximum absolute atomic E-state index is 12.2. The fourth-order valence-corrected chi connectivity index (χ4v) is 3.59. The van der Waals surface area contributed by atoms with Crippen molar-refractivity contribution in [3.63, 3.8) is 0 Å². The summed E-state index contributed by atoms with van der Waals surface area (Å²) in [4.78, 5) is 0. The summed E-state index contributed by atoms with van der Waals surface area (Å²) in [5.41, 5.74) is 2.44. The molecule has 0 aliphatic carbocycles. The number of nitrogens with zero attached hydrogens (tertiary/aromatic N) is 3. The third kappa shape index (κ3) is 1.66. The van der Waals surface area contributed by atoms with E-state index in [0.717, 1.165) is 24.1 Å². The van der Waals surface area contributed by atoms with Crippen molar-refractivity contribution < 1.29 is 8.42 Å². The summed E-state index contributed by atoms with van der Waals surface area (Å²) in [6.07, 6.45) is 1.88. The predicted octanol–water partition coefficient (Wildman–Crippen LogP) is 0.997. The number of rotatable bonds is 2. The minimum atomic E-state index is -3.43. The van der Waals surface area contributed by atoms with E-state index in [9.17, 15) is 8.42 Å². The minimum Gasteiger partial charge on any atom is -0.187 e. The molecule has 2 rings (SSSR count). The highest BCUT2D eigenvalue weighted by Gasteiger charge is 2.29. The van der Waals surface area contributed by atoms with Gasteiger partial charge in [0, 0.05) is 13.1 Å². The molecule has 1 aromatic rings. The molecule has 0 atom stereocenters. The van der Waals surface area contributed by atoms with Crippen LogP contribution < -0.4 is 0 Å². The van der Waals surface area contributed by atoms with Gasteiger partial charge in [0.1, 0.15) is 0 Å². The first kappa shape index (κ1) is 11.6. The zero-order chi connectivity index (χ0) is 11.9. The molecular formula is C10H17N3O2S. The molecule has 0 radical (unpaired) electrons. The highest BCUT2D eigenvalue weighted by atomic mass is 32.2. The van der Waals surface area contributed by atoms with Crippen LogP contribution in [0.5, 0.6) is 0 Å². The second-order valence-electron chi connectivity index (χ2n) is 4.25. The second kappa shape index (κ2) is 3.85. The van der Waals surface area contributed by atoms with Crippen LogP contribution in [-0.4, -0.2) is 35.0 Å². The van der Waals surface area contributed by atoms with Gasteiger partial charge in [0.2, 0.25) is 0 Å². The number of hydrogen-bond acceptors (Lipinski definition) is 3. The van der Waals surface area contributed by atoms with E-state index in [2.05, 4.69) is 5.10 Å². The normalized spacial score (nSPS) is 18.2. The van der Waals surface area contributed by atoms with Crippen molar-refractivity contribution in [3.8, 4) is 0 Å². The highest BCUT2D eigenvalue weighted by Crippen LogP contribution is 2.19. The number of hydrogen-bond donors (Lipinski definition) is 0. The van der Waals surface area contributed by atoms with Gasteiger partial charge in [-0.3, -0.25) is 0 Å². The predicted molar refractivity (Wildman–Crippen MR) is 61.6 cm³/mol. The summed E-state index contributed by atoms with van der Waals surface area (Å²) in [5.74, 6) is 0. The maximum atomic E-state index is 12.2. The van der Waals surface area contributed by atoms with Gasteiger partial charge in [0.25, 0.3) is 0 Å². The Morgan fingerprint density at radius 3 is 2.12 bits per heavy atom. The molecule has 0 saturated carbocycles. The molecule has 5 nitrogen and oxygen atoms in total. The van der Waals surface area contributed by atoms with Gasteiger partial charge in [-0.2, -0.15) is 17.8 Å². The lowest BCUT2D eigenvalue weighted by atomic mass is 10.2. The van der Waals surface area contributed by atoms with Gasteiger partial charge in [-0.15, -0.1) is 4.09 Å². The van der Waals surface area contributed by atoms with Crippen LogP contribution in [0.4, 0.5) is 0 Å². The van der Waals surface area contributed by atoms with Crippen LogP contribution in [0, 0.1) is 20.8 Å². The molecule has 1 saturated heterocycles. The molecule has 0 aromatic carbocycles. The molecule has 1 aliphatic rings. The molecule has 1 aromatic heterocycles. The molecule has 0 N–H and O–H groups in total. The third-order valence-electron chi connectivity index (χ3n) is 3.22. The van der Waals surface area contributed by atoms with Crippen LogP contribution >= 0.6 is 0 Å². The largest absolute Gasteiger partial charge is 0.323 e. The first-order chi connectivity index (χ1) is 7.44. The van der Waals surface area contributed by atoms with Crippen molar-refractivity contribution in [1.82, 2.24) is 13.5 Å². The van der Waals surface area contributed by atoms with Gasteiger partial charge in [0.05, 0.1) is 11.4 Å². The van der Waals surface area contributed by atoms with E-state index in [1.807, 2.05) is 13.8 Å². The van der Waals surface area contributed by atoms with Gasteiger partial charge >= 0.3 is 10.2 Å². The maximum Gasteiger partial charge on any atom is 0.323 e. The average Bonchev–Trinajstić information content (AvgIpc) is 2.83. The molecular weight excluding hydrogens is 226 g/mol. The van der Waals surface area contributed by atoms with E-state index in [1.54, 1.807) is 6.92 Å². The molecule has 90 valence electrons. The first-order valence-corrected chi connectivity index (χ1v) is 6.88. The minimum absolute atomic E-state index is 0.611. The van der Waals surface area contributed by atoms with E-state index < -0.39 is 10.2 Å². The summed E-state index contributed by atoms with van der Waals surface area (Å²) < 4.78 is 27.2. The standard InChI is InChI=1S/C10H17N3O2S/c1-8-9(2)11-13(10(8)3)16(14,15)12-6-4-5-7-12/h4-7H2,1-3H3. The lowest BCUT2D eigenvalue weighted by Gasteiger charge is -2.16. The second-order valence-corrected chi connectivity index (χ2v) is 6.01. The van der Waals surface area contributed by atoms with Gasteiger partial charge in [0.15, 0.2) is 0 Å². The molecule has 0 bridgehead atoms. The molecule has 6 heteroatoms. The summed E-state index contributed by atoms with van der Waals surface area (Å²) in [6.45, 7) is 6.74. The van der Waals surface area contributed by atoms with Gasteiger partial charge < -0.3 is 0 Å². The molecule has 0 unspecified atom stereocenters. The first-order valence-electron chi connectivity index (χ1n) is 5.48. The van der Waals surface area contributed by atoms with Crippen LogP contribution in [-0.2, 0) is 10.2 Å². The third-order valence-corrected chi connectivity index (χ3v) is 5.03.